The second-order valence-corrected chi connectivity index (χ2v) is 10.3. The van der Waals surface area contributed by atoms with E-state index in [-0.39, 0.29) is 5.41 Å². The van der Waals surface area contributed by atoms with Gasteiger partial charge in [0.2, 0.25) is 0 Å². The van der Waals surface area contributed by atoms with Gasteiger partial charge in [-0.1, -0.05) is 79.2 Å². The first kappa shape index (κ1) is 21.8. The van der Waals surface area contributed by atoms with Crippen LogP contribution in [0.15, 0.2) is 72.3 Å². The first-order valence-electron chi connectivity index (χ1n) is 12.0. The van der Waals surface area contributed by atoms with Crippen LogP contribution in [0.4, 0.5) is 0 Å². The molecule has 0 aromatic heterocycles. The van der Waals surface area contributed by atoms with Crippen LogP contribution in [0.2, 0.25) is 0 Å². The predicted molar refractivity (Wildman–Crippen MR) is 128 cm³/mol. The number of benzene rings is 2. The maximum absolute atomic E-state index is 10.2. The summed E-state index contributed by atoms with van der Waals surface area (Å²) in [6, 6.07) is 24.3. The zero-order valence-corrected chi connectivity index (χ0v) is 19.4. The zero-order chi connectivity index (χ0) is 21.9. The van der Waals surface area contributed by atoms with Crippen LogP contribution >= 0.6 is 0 Å². The summed E-state index contributed by atoms with van der Waals surface area (Å²) < 4.78 is 1.22. The Bertz CT molecular complexity index is 924. The number of allylic oxidation sites excluding steroid dienone is 1. The molecule has 3 unspecified atom stereocenters. The van der Waals surface area contributed by atoms with Gasteiger partial charge in [0.15, 0.2) is 0 Å². The Hall–Kier alpha value is -2.37. The van der Waals surface area contributed by atoms with Crippen LogP contribution in [0.3, 0.4) is 0 Å². The average Bonchev–Trinajstić information content (AvgIpc) is 3.24. The fourth-order valence-electron chi connectivity index (χ4n) is 6.14. The molecule has 2 nitrogen and oxygen atoms in total. The maximum atomic E-state index is 10.2. The number of hydrogen-bond donors (Lipinski definition) is 0. The fourth-order valence-corrected chi connectivity index (χ4v) is 6.14. The molecule has 3 atom stereocenters. The van der Waals surface area contributed by atoms with Crippen molar-refractivity contribution in [1.82, 2.24) is 0 Å². The summed E-state index contributed by atoms with van der Waals surface area (Å²) in [5.41, 5.74) is 3.76. The lowest BCUT2D eigenvalue weighted by atomic mass is 9.74. The van der Waals surface area contributed by atoms with E-state index in [2.05, 4.69) is 93.6 Å². The Labute approximate surface area is 188 Å². The van der Waals surface area contributed by atoms with Crippen LogP contribution in [-0.4, -0.2) is 24.1 Å². The van der Waals surface area contributed by atoms with Gasteiger partial charge in [0, 0.05) is 23.8 Å². The van der Waals surface area contributed by atoms with E-state index < -0.39 is 0 Å². The highest BCUT2D eigenvalue weighted by Gasteiger charge is 2.63. The molecule has 1 saturated carbocycles. The summed E-state index contributed by atoms with van der Waals surface area (Å²) in [7, 11) is 0. The van der Waals surface area contributed by atoms with Crippen LogP contribution in [-0.2, 0) is 12.0 Å². The van der Waals surface area contributed by atoms with Crippen LogP contribution in [0, 0.1) is 29.1 Å². The van der Waals surface area contributed by atoms with Crippen LogP contribution in [0.1, 0.15) is 51.2 Å². The minimum absolute atomic E-state index is 0.326. The van der Waals surface area contributed by atoms with Gasteiger partial charge in [-0.15, -0.1) is 0 Å². The fraction of sp³-hybridized carbons (Fsp3) is 0.483. The van der Waals surface area contributed by atoms with Crippen molar-refractivity contribution in [3.05, 3.63) is 83.4 Å². The molecule has 31 heavy (non-hydrogen) atoms. The molecule has 2 heteroatoms. The maximum Gasteiger partial charge on any atom is 0.104 e. The van der Waals surface area contributed by atoms with Gasteiger partial charge < -0.3 is 4.48 Å². The molecule has 1 aliphatic carbocycles. The molecule has 162 valence electrons. The number of nitrogens with zero attached hydrogens (tertiary/aromatic N) is 2. The minimum atomic E-state index is -0.326. The van der Waals surface area contributed by atoms with Crippen molar-refractivity contribution < 1.29 is 4.48 Å². The number of quaternary nitrogens is 1. The molecule has 0 radical (unpaired) electrons. The molecule has 1 saturated heterocycles. The predicted octanol–water partition coefficient (Wildman–Crippen LogP) is 6.50. The van der Waals surface area contributed by atoms with Crippen molar-refractivity contribution in [1.29, 1.82) is 5.26 Å². The van der Waals surface area contributed by atoms with Crippen molar-refractivity contribution in [2.45, 2.75) is 52.0 Å². The van der Waals surface area contributed by atoms with Crippen LogP contribution in [0.5, 0.6) is 0 Å². The van der Waals surface area contributed by atoms with Crippen LogP contribution in [0.25, 0.3) is 0 Å². The van der Waals surface area contributed by atoms with E-state index in [9.17, 15) is 5.26 Å². The van der Waals surface area contributed by atoms with Crippen molar-refractivity contribution >= 4 is 0 Å². The molecule has 0 N–H and O–H groups in total. The number of piperidine rings is 1. The molecular weight excluding hydrogens is 376 g/mol. The third kappa shape index (κ3) is 4.63. The second kappa shape index (κ2) is 9.01. The first-order valence-corrected chi connectivity index (χ1v) is 12.0. The second-order valence-electron chi connectivity index (χ2n) is 10.3. The van der Waals surface area contributed by atoms with Gasteiger partial charge in [0.05, 0.1) is 31.1 Å². The lowest BCUT2D eigenvalue weighted by Gasteiger charge is -2.37. The first-order chi connectivity index (χ1) is 15.0. The quantitative estimate of drug-likeness (QED) is 0.340. The van der Waals surface area contributed by atoms with E-state index in [4.69, 9.17) is 0 Å². The summed E-state index contributed by atoms with van der Waals surface area (Å²) in [5, 5.41) is 10.2. The Kier molecular flexibility index (Phi) is 6.35. The monoisotopic (exact) mass is 413 g/mol. The molecule has 1 aliphatic heterocycles. The van der Waals surface area contributed by atoms with Gasteiger partial charge in [0.1, 0.15) is 6.54 Å². The Balaban J connectivity index is 1.47. The van der Waals surface area contributed by atoms with E-state index >= 15 is 0 Å². The Morgan fingerprint density at radius 1 is 1.03 bits per heavy atom. The standard InChI is InChI=1S/C29H37N2/c1-4-29(22-30,25-15-9-6-10-16-25)18-26-27-20-31(21-28(26)27,17-11-12-23(2)3)19-24-13-7-5-8-14-24/h5-10,12-16,26-28H,4,11,17-21H2,1-3H3/q+1. The molecule has 2 fully saturated rings. The molecule has 1 heterocycles. The van der Waals surface area contributed by atoms with Crippen molar-refractivity contribution in [2.24, 2.45) is 17.8 Å². The Morgan fingerprint density at radius 3 is 2.19 bits per heavy atom. The highest BCUT2D eigenvalue weighted by atomic mass is 15.4. The summed E-state index contributed by atoms with van der Waals surface area (Å²) in [5.74, 6) is 2.29. The largest absolute Gasteiger partial charge is 0.319 e. The number of nitriles is 1. The number of likely N-dealkylation sites (tertiary alicyclic amines) is 1. The van der Waals surface area contributed by atoms with Gasteiger partial charge in [-0.2, -0.15) is 5.26 Å². The third-order valence-electron chi connectivity index (χ3n) is 7.95. The summed E-state index contributed by atoms with van der Waals surface area (Å²) in [4.78, 5) is 0. The number of rotatable bonds is 9. The molecule has 4 rings (SSSR count). The highest BCUT2D eigenvalue weighted by Crippen LogP contribution is 2.59. The van der Waals surface area contributed by atoms with Gasteiger partial charge in [-0.3, -0.25) is 0 Å². The Morgan fingerprint density at radius 2 is 1.65 bits per heavy atom. The normalized spacial score (nSPS) is 28.3. The van der Waals surface area contributed by atoms with E-state index in [1.54, 1.807) is 0 Å². The molecule has 0 bridgehead atoms. The summed E-state index contributed by atoms with van der Waals surface area (Å²) >= 11 is 0. The van der Waals surface area contributed by atoms with E-state index in [0.717, 1.165) is 31.2 Å². The molecular formula is C29H37N2+. The number of fused-ring (bicyclic) bond motifs is 1. The van der Waals surface area contributed by atoms with E-state index in [1.165, 1.54) is 47.2 Å². The molecule has 0 spiro atoms. The van der Waals surface area contributed by atoms with Crippen molar-refractivity contribution in [3.8, 4) is 6.07 Å². The zero-order valence-electron chi connectivity index (χ0n) is 19.4. The highest BCUT2D eigenvalue weighted by molar-refractivity contribution is 5.33. The van der Waals surface area contributed by atoms with Crippen molar-refractivity contribution in [2.75, 3.05) is 19.6 Å². The smallest absolute Gasteiger partial charge is 0.104 e. The molecule has 0 amide bonds. The average molecular weight is 414 g/mol. The van der Waals surface area contributed by atoms with Crippen molar-refractivity contribution in [3.63, 3.8) is 0 Å². The van der Waals surface area contributed by atoms with Gasteiger partial charge >= 0.3 is 0 Å². The SMILES string of the molecule is CCC(C#N)(CC1C2C[N+](CCC=C(C)C)(Cc3ccccc3)CC12)c1ccccc1. The topological polar surface area (TPSA) is 23.8 Å². The van der Waals surface area contributed by atoms with Gasteiger partial charge in [-0.25, -0.2) is 0 Å². The minimum Gasteiger partial charge on any atom is -0.319 e. The molecule has 2 aliphatic rings. The summed E-state index contributed by atoms with van der Waals surface area (Å²) in [6.07, 6.45) is 5.49. The summed E-state index contributed by atoms with van der Waals surface area (Å²) in [6.45, 7) is 11.5. The molecule has 2 aromatic rings. The molecule has 2 aromatic carbocycles. The van der Waals surface area contributed by atoms with E-state index in [0.29, 0.717) is 5.92 Å². The van der Waals surface area contributed by atoms with Gasteiger partial charge in [-0.05, 0) is 38.2 Å². The van der Waals surface area contributed by atoms with Gasteiger partial charge in [0.25, 0.3) is 0 Å². The van der Waals surface area contributed by atoms with E-state index in [1.807, 2.05) is 0 Å². The lowest BCUT2D eigenvalue weighted by Crippen LogP contribution is -2.48. The lowest BCUT2D eigenvalue weighted by molar-refractivity contribution is -0.934. The number of hydrogen-bond acceptors (Lipinski definition) is 1. The van der Waals surface area contributed by atoms with Crippen LogP contribution < -0.4 is 0 Å². The third-order valence-corrected chi connectivity index (χ3v) is 7.95.